The summed E-state index contributed by atoms with van der Waals surface area (Å²) in [7, 11) is 0. The zero-order chi connectivity index (χ0) is 14.4. The van der Waals surface area contributed by atoms with Gasteiger partial charge < -0.3 is 10.6 Å². The van der Waals surface area contributed by atoms with Crippen LogP contribution in [0.2, 0.25) is 0 Å². The van der Waals surface area contributed by atoms with Crippen LogP contribution in [0.1, 0.15) is 24.2 Å². The van der Waals surface area contributed by atoms with Crippen molar-refractivity contribution in [1.29, 1.82) is 0 Å². The molecule has 1 amide bonds. The van der Waals surface area contributed by atoms with Gasteiger partial charge in [-0.2, -0.15) is 0 Å². The van der Waals surface area contributed by atoms with Crippen LogP contribution in [0.3, 0.4) is 0 Å². The number of likely N-dealkylation sites (N-methyl/N-ethyl adjacent to an activating group) is 1. The molecule has 2 N–H and O–H groups in total. The highest BCUT2D eigenvalue weighted by atomic mass is 79.9. The highest BCUT2D eigenvalue weighted by Gasteiger charge is 2.14. The lowest BCUT2D eigenvalue weighted by Crippen LogP contribution is -2.38. The summed E-state index contributed by atoms with van der Waals surface area (Å²) in [5, 5.41) is 16.5. The summed E-state index contributed by atoms with van der Waals surface area (Å²) in [5.74, 6) is -0.258. The highest BCUT2D eigenvalue weighted by molar-refractivity contribution is 9.10. The van der Waals surface area contributed by atoms with Crippen LogP contribution in [-0.2, 0) is 0 Å². The van der Waals surface area contributed by atoms with Crippen LogP contribution in [0, 0.1) is 10.1 Å². The van der Waals surface area contributed by atoms with Gasteiger partial charge in [-0.1, -0.05) is 6.92 Å². The third kappa shape index (κ3) is 5.44. The zero-order valence-corrected chi connectivity index (χ0v) is 13.6. The summed E-state index contributed by atoms with van der Waals surface area (Å²) in [6.07, 6.45) is 0. The van der Waals surface area contributed by atoms with Gasteiger partial charge in [0.15, 0.2) is 0 Å². The first-order valence-electron chi connectivity index (χ1n) is 5.91. The van der Waals surface area contributed by atoms with E-state index >= 15 is 0 Å². The van der Waals surface area contributed by atoms with E-state index < -0.39 is 4.92 Å². The number of amides is 1. The maximum atomic E-state index is 11.9. The van der Waals surface area contributed by atoms with E-state index in [0.29, 0.717) is 16.6 Å². The maximum absolute atomic E-state index is 11.9. The molecule has 0 heterocycles. The summed E-state index contributed by atoms with van der Waals surface area (Å²) in [6.45, 7) is 5.29. The molecule has 0 saturated heterocycles. The lowest BCUT2D eigenvalue weighted by molar-refractivity contribution is -0.384. The second kappa shape index (κ2) is 8.89. The lowest BCUT2D eigenvalue weighted by Gasteiger charge is -2.13. The molecule has 0 unspecified atom stereocenters. The summed E-state index contributed by atoms with van der Waals surface area (Å²) in [6, 6.07) is 4.25. The predicted molar refractivity (Wildman–Crippen MR) is 83.5 cm³/mol. The minimum atomic E-state index is -0.500. The van der Waals surface area contributed by atoms with Crippen LogP contribution >= 0.6 is 28.3 Å². The van der Waals surface area contributed by atoms with E-state index in [1.165, 1.54) is 18.2 Å². The number of non-ortho nitro benzene ring substituents is 1. The Bertz CT molecular complexity index is 485. The predicted octanol–water partition coefficient (Wildman–Crippen LogP) is 2.51. The van der Waals surface area contributed by atoms with E-state index in [4.69, 9.17) is 0 Å². The molecule has 20 heavy (non-hydrogen) atoms. The number of hydrogen-bond acceptors (Lipinski definition) is 4. The molecule has 0 aliphatic carbocycles. The Labute approximate surface area is 132 Å². The monoisotopic (exact) mass is 365 g/mol. The third-order valence-electron chi connectivity index (χ3n) is 2.53. The van der Waals surface area contributed by atoms with Crippen molar-refractivity contribution in [3.05, 3.63) is 38.3 Å². The van der Waals surface area contributed by atoms with Crippen LogP contribution in [-0.4, -0.2) is 30.0 Å². The van der Waals surface area contributed by atoms with E-state index in [0.717, 1.165) is 6.54 Å². The number of carbonyl (C=O) groups is 1. The average Bonchev–Trinajstić information content (AvgIpc) is 2.36. The average molecular weight is 367 g/mol. The van der Waals surface area contributed by atoms with Crippen LogP contribution in [0.5, 0.6) is 0 Å². The number of nitrogens with zero attached hydrogens (tertiary/aromatic N) is 1. The number of hydrogen-bond donors (Lipinski definition) is 2. The van der Waals surface area contributed by atoms with E-state index in [2.05, 4.69) is 26.6 Å². The Kier molecular flexibility index (Phi) is 8.36. The molecular formula is C12H17BrClN3O3. The van der Waals surface area contributed by atoms with Gasteiger partial charge in [-0.15, -0.1) is 12.4 Å². The lowest BCUT2D eigenvalue weighted by atomic mass is 10.2. The van der Waals surface area contributed by atoms with Gasteiger partial charge in [0.1, 0.15) is 0 Å². The normalized spacial score (nSPS) is 11.3. The molecule has 1 aromatic rings. The number of nitro benzene ring substituents is 1. The largest absolute Gasteiger partial charge is 0.350 e. The number of carbonyl (C=O) groups excluding carboxylic acids is 1. The second-order valence-electron chi connectivity index (χ2n) is 4.09. The number of rotatable bonds is 6. The van der Waals surface area contributed by atoms with Crippen LogP contribution < -0.4 is 10.6 Å². The molecule has 0 radical (unpaired) electrons. The van der Waals surface area contributed by atoms with Crippen LogP contribution in [0.4, 0.5) is 5.69 Å². The van der Waals surface area contributed by atoms with Gasteiger partial charge in [0.2, 0.25) is 0 Å². The fourth-order valence-corrected chi connectivity index (χ4v) is 2.11. The van der Waals surface area contributed by atoms with E-state index in [1.807, 2.05) is 13.8 Å². The minimum absolute atomic E-state index is 0. The molecule has 1 rings (SSSR count). The fourth-order valence-electron chi connectivity index (χ4n) is 1.56. The minimum Gasteiger partial charge on any atom is -0.350 e. The standard InChI is InChI=1S/C12H16BrN3O3.ClH/c1-3-14-8(2)7-15-12(17)10-5-4-9(16(18)19)6-11(10)13;/h4-6,8,14H,3,7H2,1-2H3,(H,15,17);1H/t8-;/m1./s1. The van der Waals surface area contributed by atoms with Gasteiger partial charge in [-0.25, -0.2) is 0 Å². The number of benzene rings is 1. The van der Waals surface area contributed by atoms with Crippen molar-refractivity contribution in [2.45, 2.75) is 19.9 Å². The second-order valence-corrected chi connectivity index (χ2v) is 4.94. The maximum Gasteiger partial charge on any atom is 0.270 e. The highest BCUT2D eigenvalue weighted by Crippen LogP contribution is 2.22. The van der Waals surface area contributed by atoms with Crippen molar-refractivity contribution in [2.75, 3.05) is 13.1 Å². The molecule has 0 saturated carbocycles. The molecule has 112 valence electrons. The Morgan fingerprint density at radius 2 is 2.15 bits per heavy atom. The van der Waals surface area contributed by atoms with Crippen LogP contribution in [0.15, 0.2) is 22.7 Å². The van der Waals surface area contributed by atoms with Gasteiger partial charge in [-0.3, -0.25) is 14.9 Å². The molecule has 0 aromatic heterocycles. The molecule has 0 bridgehead atoms. The van der Waals surface area contributed by atoms with Gasteiger partial charge >= 0.3 is 0 Å². The van der Waals surface area contributed by atoms with Crippen molar-refractivity contribution in [2.24, 2.45) is 0 Å². The quantitative estimate of drug-likeness (QED) is 0.598. The van der Waals surface area contributed by atoms with Crippen molar-refractivity contribution >= 4 is 39.9 Å². The molecule has 0 spiro atoms. The number of nitrogens with one attached hydrogen (secondary N) is 2. The van der Waals surface area contributed by atoms with E-state index in [-0.39, 0.29) is 30.0 Å². The summed E-state index contributed by atoms with van der Waals surface area (Å²) in [4.78, 5) is 22.0. The fraction of sp³-hybridized carbons (Fsp3) is 0.417. The van der Waals surface area contributed by atoms with Gasteiger partial charge in [0.25, 0.3) is 11.6 Å². The molecule has 0 fully saturated rings. The van der Waals surface area contributed by atoms with Crippen molar-refractivity contribution in [3.63, 3.8) is 0 Å². The molecule has 8 heteroatoms. The van der Waals surface area contributed by atoms with E-state index in [1.54, 1.807) is 0 Å². The van der Waals surface area contributed by atoms with Crippen LogP contribution in [0.25, 0.3) is 0 Å². The molecule has 1 atom stereocenters. The van der Waals surface area contributed by atoms with Gasteiger partial charge in [-0.05, 0) is 35.5 Å². The zero-order valence-electron chi connectivity index (χ0n) is 11.2. The van der Waals surface area contributed by atoms with Crippen molar-refractivity contribution in [1.82, 2.24) is 10.6 Å². The SMILES string of the molecule is CCN[C@H](C)CNC(=O)c1ccc([N+](=O)[O-])cc1Br.Cl. The molecular weight excluding hydrogens is 350 g/mol. The first-order chi connectivity index (χ1) is 8.95. The van der Waals surface area contributed by atoms with Crippen molar-refractivity contribution in [3.8, 4) is 0 Å². The van der Waals surface area contributed by atoms with Gasteiger partial charge in [0, 0.05) is 29.2 Å². The Hall–Kier alpha value is -1.18. The number of nitro groups is 1. The Balaban J connectivity index is 0.00000361. The van der Waals surface area contributed by atoms with E-state index in [9.17, 15) is 14.9 Å². The summed E-state index contributed by atoms with van der Waals surface area (Å²) < 4.78 is 0.412. The first kappa shape index (κ1) is 18.8. The number of halogens is 2. The molecule has 6 nitrogen and oxygen atoms in total. The summed E-state index contributed by atoms with van der Waals surface area (Å²) >= 11 is 3.17. The summed E-state index contributed by atoms with van der Waals surface area (Å²) in [5.41, 5.74) is 0.332. The topological polar surface area (TPSA) is 84.3 Å². The van der Waals surface area contributed by atoms with Gasteiger partial charge in [0.05, 0.1) is 10.5 Å². The first-order valence-corrected chi connectivity index (χ1v) is 6.70. The Morgan fingerprint density at radius 3 is 2.65 bits per heavy atom. The smallest absolute Gasteiger partial charge is 0.270 e. The molecule has 1 aromatic carbocycles. The van der Waals surface area contributed by atoms with Crippen molar-refractivity contribution < 1.29 is 9.72 Å². The molecule has 0 aliphatic rings. The Morgan fingerprint density at radius 1 is 1.50 bits per heavy atom. The molecule has 0 aliphatic heterocycles. The third-order valence-corrected chi connectivity index (χ3v) is 3.19.